The largest absolute Gasteiger partial charge is 0.394 e. The first kappa shape index (κ1) is 13.5. The highest BCUT2D eigenvalue weighted by atomic mass is 16.3. The van der Waals surface area contributed by atoms with E-state index in [1.807, 2.05) is 4.90 Å². The molecule has 1 saturated heterocycles. The van der Waals surface area contributed by atoms with Crippen LogP contribution in [-0.4, -0.2) is 47.2 Å². The van der Waals surface area contributed by atoms with Crippen molar-refractivity contribution in [1.29, 1.82) is 0 Å². The van der Waals surface area contributed by atoms with E-state index in [2.05, 4.69) is 33.0 Å². The third kappa shape index (κ3) is 2.95. The molecule has 1 aliphatic heterocycles. The normalized spacial score (nSPS) is 26.0. The van der Waals surface area contributed by atoms with Crippen molar-refractivity contribution in [3.8, 4) is 0 Å². The fourth-order valence-corrected chi connectivity index (χ4v) is 2.11. The molecule has 0 aliphatic carbocycles. The fourth-order valence-electron chi connectivity index (χ4n) is 2.11. The molecule has 0 saturated carbocycles. The van der Waals surface area contributed by atoms with Crippen LogP contribution in [0.25, 0.3) is 0 Å². The van der Waals surface area contributed by atoms with Crippen LogP contribution in [0.1, 0.15) is 34.1 Å². The summed E-state index contributed by atoms with van der Waals surface area (Å²) in [6, 6.07) is -0.430. The molecule has 0 aromatic heterocycles. The van der Waals surface area contributed by atoms with Gasteiger partial charge >= 0.3 is 0 Å². The van der Waals surface area contributed by atoms with Crippen LogP contribution in [0.4, 0.5) is 0 Å². The Morgan fingerprint density at radius 2 is 2.19 bits per heavy atom. The van der Waals surface area contributed by atoms with Crippen molar-refractivity contribution >= 4 is 5.91 Å². The maximum atomic E-state index is 12.2. The van der Waals surface area contributed by atoms with Crippen LogP contribution in [-0.2, 0) is 4.79 Å². The molecule has 1 fully saturated rings. The molecule has 1 aliphatic rings. The molecule has 0 spiro atoms. The highest BCUT2D eigenvalue weighted by molar-refractivity contribution is 5.83. The summed E-state index contributed by atoms with van der Waals surface area (Å²) in [5.41, 5.74) is -0.127. The third-order valence-electron chi connectivity index (χ3n) is 3.15. The molecule has 4 heteroatoms. The summed E-state index contributed by atoms with van der Waals surface area (Å²) < 4.78 is 0. The lowest BCUT2D eigenvalue weighted by Crippen LogP contribution is -2.53. The van der Waals surface area contributed by atoms with E-state index in [4.69, 9.17) is 0 Å². The van der Waals surface area contributed by atoms with Gasteiger partial charge in [-0.2, -0.15) is 0 Å². The average molecular weight is 228 g/mol. The second-order valence-electron chi connectivity index (χ2n) is 5.59. The van der Waals surface area contributed by atoms with Crippen LogP contribution in [0.15, 0.2) is 0 Å². The van der Waals surface area contributed by atoms with Crippen LogP contribution < -0.4 is 5.32 Å². The van der Waals surface area contributed by atoms with E-state index < -0.39 is 6.04 Å². The lowest BCUT2D eigenvalue weighted by Gasteiger charge is -2.39. The Morgan fingerprint density at radius 1 is 1.56 bits per heavy atom. The summed E-state index contributed by atoms with van der Waals surface area (Å²) in [7, 11) is 0. The minimum Gasteiger partial charge on any atom is -0.394 e. The van der Waals surface area contributed by atoms with Crippen LogP contribution in [0.3, 0.4) is 0 Å². The van der Waals surface area contributed by atoms with E-state index in [0.717, 1.165) is 19.5 Å². The molecule has 1 unspecified atom stereocenters. The molecule has 2 N–H and O–H groups in total. The first-order valence-electron chi connectivity index (χ1n) is 6.04. The number of aliphatic hydroxyl groups is 1. The summed E-state index contributed by atoms with van der Waals surface area (Å²) in [6.45, 7) is 9.81. The summed E-state index contributed by atoms with van der Waals surface area (Å²) in [5, 5.41) is 12.3. The molecule has 0 radical (unpaired) electrons. The fraction of sp³-hybridized carbons (Fsp3) is 0.917. The molecule has 1 amide bonds. The van der Waals surface area contributed by atoms with Crippen molar-refractivity contribution < 1.29 is 9.90 Å². The average Bonchev–Trinajstić information content (AvgIpc) is 2.28. The summed E-state index contributed by atoms with van der Waals surface area (Å²) in [4.78, 5) is 14.1. The number of amides is 1. The minimum atomic E-state index is -0.430. The van der Waals surface area contributed by atoms with Crippen molar-refractivity contribution in [2.75, 3.05) is 19.7 Å². The van der Waals surface area contributed by atoms with Gasteiger partial charge in [0, 0.05) is 12.1 Å². The van der Waals surface area contributed by atoms with Gasteiger partial charge in [0.25, 0.3) is 0 Å². The lowest BCUT2D eigenvalue weighted by molar-refractivity contribution is -0.139. The van der Waals surface area contributed by atoms with Gasteiger partial charge in [-0.05, 0) is 32.7 Å². The van der Waals surface area contributed by atoms with Crippen LogP contribution in [0, 0.1) is 5.92 Å². The van der Waals surface area contributed by atoms with E-state index in [-0.39, 0.29) is 18.1 Å². The standard InChI is InChI=1S/C12H24N2O2/c1-9(2)7-14-11(16)10(8-15)13-6-5-12(14,3)4/h9-10,13,15H,5-8H2,1-4H3. The predicted octanol–water partition coefficient (Wildman–Crippen LogP) is 0.604. The van der Waals surface area contributed by atoms with Crippen molar-refractivity contribution in [2.24, 2.45) is 5.92 Å². The van der Waals surface area contributed by atoms with Gasteiger partial charge in [0.1, 0.15) is 6.04 Å². The number of hydrogen-bond donors (Lipinski definition) is 2. The number of nitrogens with zero attached hydrogens (tertiary/aromatic N) is 1. The van der Waals surface area contributed by atoms with Crippen molar-refractivity contribution in [3.63, 3.8) is 0 Å². The van der Waals surface area contributed by atoms with E-state index in [1.165, 1.54) is 0 Å². The highest BCUT2D eigenvalue weighted by Crippen LogP contribution is 2.23. The maximum absolute atomic E-state index is 12.2. The van der Waals surface area contributed by atoms with Gasteiger partial charge in [-0.25, -0.2) is 0 Å². The molecule has 0 aromatic carbocycles. The van der Waals surface area contributed by atoms with E-state index in [0.29, 0.717) is 5.92 Å². The van der Waals surface area contributed by atoms with Gasteiger partial charge in [-0.1, -0.05) is 13.8 Å². The monoisotopic (exact) mass is 228 g/mol. The summed E-state index contributed by atoms with van der Waals surface area (Å²) in [5.74, 6) is 0.472. The lowest BCUT2D eigenvalue weighted by atomic mass is 9.97. The number of carbonyl (C=O) groups is 1. The highest BCUT2D eigenvalue weighted by Gasteiger charge is 2.37. The quantitative estimate of drug-likeness (QED) is 0.744. The van der Waals surface area contributed by atoms with E-state index in [1.54, 1.807) is 0 Å². The van der Waals surface area contributed by atoms with Gasteiger partial charge < -0.3 is 15.3 Å². The molecule has 1 rings (SSSR count). The predicted molar refractivity (Wildman–Crippen MR) is 64.1 cm³/mol. The zero-order chi connectivity index (χ0) is 12.3. The van der Waals surface area contributed by atoms with Crippen LogP contribution in [0.2, 0.25) is 0 Å². The Kier molecular flexibility index (Phi) is 4.33. The van der Waals surface area contributed by atoms with Gasteiger partial charge in [0.15, 0.2) is 0 Å². The Hall–Kier alpha value is -0.610. The molecule has 16 heavy (non-hydrogen) atoms. The molecular weight excluding hydrogens is 204 g/mol. The van der Waals surface area contributed by atoms with Crippen LogP contribution in [0.5, 0.6) is 0 Å². The summed E-state index contributed by atoms with van der Waals surface area (Å²) >= 11 is 0. The molecular formula is C12H24N2O2. The van der Waals surface area contributed by atoms with Gasteiger partial charge in [0.05, 0.1) is 6.61 Å². The molecule has 94 valence electrons. The molecule has 0 aromatic rings. The molecule has 1 heterocycles. The van der Waals surface area contributed by atoms with Crippen molar-refractivity contribution in [3.05, 3.63) is 0 Å². The van der Waals surface area contributed by atoms with E-state index >= 15 is 0 Å². The number of carbonyl (C=O) groups excluding carboxylic acids is 1. The van der Waals surface area contributed by atoms with Crippen molar-refractivity contribution in [2.45, 2.75) is 45.7 Å². The Labute approximate surface area is 98.0 Å². The smallest absolute Gasteiger partial charge is 0.242 e. The third-order valence-corrected chi connectivity index (χ3v) is 3.15. The zero-order valence-electron chi connectivity index (χ0n) is 10.8. The maximum Gasteiger partial charge on any atom is 0.242 e. The van der Waals surface area contributed by atoms with Crippen LogP contribution >= 0.6 is 0 Å². The SMILES string of the molecule is CC(C)CN1C(=O)C(CO)NCCC1(C)C. The zero-order valence-corrected chi connectivity index (χ0v) is 10.8. The number of nitrogens with one attached hydrogen (secondary N) is 1. The first-order valence-corrected chi connectivity index (χ1v) is 6.04. The first-order chi connectivity index (χ1) is 7.38. The van der Waals surface area contributed by atoms with Gasteiger partial charge in [-0.3, -0.25) is 4.79 Å². The Morgan fingerprint density at radius 3 is 2.69 bits per heavy atom. The summed E-state index contributed by atoms with van der Waals surface area (Å²) in [6.07, 6.45) is 0.919. The molecule has 0 bridgehead atoms. The second kappa shape index (κ2) is 5.15. The van der Waals surface area contributed by atoms with E-state index in [9.17, 15) is 9.90 Å². The number of rotatable bonds is 3. The number of hydrogen-bond acceptors (Lipinski definition) is 3. The molecule has 1 atom stereocenters. The van der Waals surface area contributed by atoms with Crippen molar-refractivity contribution in [1.82, 2.24) is 10.2 Å². The Balaban J connectivity index is 2.88. The molecule has 4 nitrogen and oxygen atoms in total. The minimum absolute atomic E-state index is 0.0266. The number of aliphatic hydroxyl groups excluding tert-OH is 1. The topological polar surface area (TPSA) is 52.6 Å². The second-order valence-corrected chi connectivity index (χ2v) is 5.59. The Bertz CT molecular complexity index is 251. The van der Waals surface area contributed by atoms with Gasteiger partial charge in [0.2, 0.25) is 5.91 Å². The van der Waals surface area contributed by atoms with Gasteiger partial charge in [-0.15, -0.1) is 0 Å².